The highest BCUT2D eigenvalue weighted by atomic mass is 32.2. The van der Waals surface area contributed by atoms with Gasteiger partial charge in [-0.25, -0.2) is 0 Å². The lowest BCUT2D eigenvalue weighted by Gasteiger charge is -2.25. The van der Waals surface area contributed by atoms with Gasteiger partial charge in [-0.2, -0.15) is 11.8 Å². The van der Waals surface area contributed by atoms with Gasteiger partial charge in [0.05, 0.1) is 11.8 Å². The first kappa shape index (κ1) is 11.7. The van der Waals surface area contributed by atoms with E-state index in [-0.39, 0.29) is 6.04 Å². The molecule has 2 aromatic rings. The number of thioether (sulfide) groups is 1. The average molecular weight is 260 g/mol. The first-order valence-electron chi connectivity index (χ1n) is 6.09. The maximum Gasteiger partial charge on any atom is 0.154 e. The van der Waals surface area contributed by atoms with Crippen LogP contribution in [-0.2, 0) is 12.3 Å². The molecule has 0 saturated carbocycles. The van der Waals surface area contributed by atoms with E-state index in [1.165, 1.54) is 5.56 Å². The standard InChI is InChI=1S/C13H16N4S/c1-18-9-11-15-16-13-12(14-7-8-17(11)13)10-5-3-2-4-6-10/h2-6,12,14H,7-9H2,1H3. The molecule has 0 saturated heterocycles. The predicted octanol–water partition coefficient (Wildman–Crippen LogP) is 1.83. The summed E-state index contributed by atoms with van der Waals surface area (Å²) in [5, 5.41) is 12.2. The van der Waals surface area contributed by atoms with Gasteiger partial charge in [-0.1, -0.05) is 30.3 Å². The van der Waals surface area contributed by atoms with Crippen LogP contribution in [0.2, 0.25) is 0 Å². The summed E-state index contributed by atoms with van der Waals surface area (Å²) >= 11 is 1.79. The SMILES string of the molecule is CSCc1nnc2n1CCNC2c1ccccc1. The fraction of sp³-hybridized carbons (Fsp3) is 0.385. The number of hydrogen-bond donors (Lipinski definition) is 1. The van der Waals surface area contributed by atoms with Crippen molar-refractivity contribution in [3.63, 3.8) is 0 Å². The molecule has 0 fully saturated rings. The highest BCUT2D eigenvalue weighted by molar-refractivity contribution is 7.97. The number of aromatic nitrogens is 3. The Morgan fingerprint density at radius 1 is 1.33 bits per heavy atom. The number of rotatable bonds is 3. The van der Waals surface area contributed by atoms with Crippen LogP contribution < -0.4 is 5.32 Å². The van der Waals surface area contributed by atoms with Crippen LogP contribution in [0.3, 0.4) is 0 Å². The van der Waals surface area contributed by atoms with Gasteiger partial charge >= 0.3 is 0 Å². The van der Waals surface area contributed by atoms with E-state index >= 15 is 0 Å². The molecule has 1 aliphatic heterocycles. The zero-order valence-electron chi connectivity index (χ0n) is 10.3. The smallest absolute Gasteiger partial charge is 0.154 e. The van der Waals surface area contributed by atoms with E-state index in [4.69, 9.17) is 0 Å². The summed E-state index contributed by atoms with van der Waals surface area (Å²) in [5.41, 5.74) is 1.25. The molecule has 18 heavy (non-hydrogen) atoms. The highest BCUT2D eigenvalue weighted by Crippen LogP contribution is 2.24. The van der Waals surface area contributed by atoms with Crippen molar-refractivity contribution in [2.24, 2.45) is 0 Å². The fourth-order valence-corrected chi connectivity index (χ4v) is 2.84. The van der Waals surface area contributed by atoms with Crippen molar-refractivity contribution >= 4 is 11.8 Å². The zero-order valence-corrected chi connectivity index (χ0v) is 11.2. The van der Waals surface area contributed by atoms with Gasteiger partial charge in [-0.3, -0.25) is 0 Å². The van der Waals surface area contributed by atoms with Gasteiger partial charge in [0.15, 0.2) is 5.82 Å². The topological polar surface area (TPSA) is 42.7 Å². The Balaban J connectivity index is 1.98. The third-order valence-electron chi connectivity index (χ3n) is 3.20. The number of nitrogens with one attached hydrogen (secondary N) is 1. The Hall–Kier alpha value is -1.33. The molecule has 1 N–H and O–H groups in total. The fourth-order valence-electron chi connectivity index (χ4n) is 2.37. The maximum atomic E-state index is 4.37. The Kier molecular flexibility index (Phi) is 3.34. The van der Waals surface area contributed by atoms with Gasteiger partial charge < -0.3 is 9.88 Å². The van der Waals surface area contributed by atoms with Crippen LogP contribution in [-0.4, -0.2) is 27.6 Å². The number of hydrogen-bond acceptors (Lipinski definition) is 4. The molecule has 0 aliphatic carbocycles. The van der Waals surface area contributed by atoms with Crippen molar-refractivity contribution < 1.29 is 0 Å². The van der Waals surface area contributed by atoms with Gasteiger partial charge in [-0.05, 0) is 11.8 Å². The second kappa shape index (κ2) is 5.12. The number of fused-ring (bicyclic) bond motifs is 1. The lowest BCUT2D eigenvalue weighted by atomic mass is 10.1. The molecule has 1 aromatic heterocycles. The van der Waals surface area contributed by atoms with Crippen LogP contribution in [0.1, 0.15) is 23.3 Å². The molecular weight excluding hydrogens is 244 g/mol. The molecule has 3 rings (SSSR count). The average Bonchev–Trinajstić information content (AvgIpc) is 2.84. The van der Waals surface area contributed by atoms with E-state index in [2.05, 4.69) is 50.6 Å². The molecule has 5 heteroatoms. The van der Waals surface area contributed by atoms with E-state index in [9.17, 15) is 0 Å². The molecule has 94 valence electrons. The first-order valence-corrected chi connectivity index (χ1v) is 7.49. The molecule has 0 radical (unpaired) electrons. The first-order chi connectivity index (χ1) is 8.90. The molecule has 1 aromatic carbocycles. The minimum absolute atomic E-state index is 0.169. The lowest BCUT2D eigenvalue weighted by Crippen LogP contribution is -2.34. The van der Waals surface area contributed by atoms with Crippen LogP contribution in [0.4, 0.5) is 0 Å². The van der Waals surface area contributed by atoms with Crippen molar-refractivity contribution in [1.29, 1.82) is 0 Å². The number of nitrogens with zero attached hydrogens (tertiary/aromatic N) is 3. The Morgan fingerprint density at radius 2 is 2.17 bits per heavy atom. The highest BCUT2D eigenvalue weighted by Gasteiger charge is 2.25. The molecule has 0 bridgehead atoms. The van der Waals surface area contributed by atoms with Crippen molar-refractivity contribution in [2.75, 3.05) is 12.8 Å². The van der Waals surface area contributed by atoms with Crippen LogP contribution in [0.25, 0.3) is 0 Å². The second-order valence-corrected chi connectivity index (χ2v) is 5.22. The van der Waals surface area contributed by atoms with Crippen molar-refractivity contribution in [3.05, 3.63) is 47.5 Å². The van der Waals surface area contributed by atoms with Crippen molar-refractivity contribution in [3.8, 4) is 0 Å². The molecule has 2 heterocycles. The van der Waals surface area contributed by atoms with Gasteiger partial charge in [0, 0.05) is 13.1 Å². The third-order valence-corrected chi connectivity index (χ3v) is 3.75. The lowest BCUT2D eigenvalue weighted by molar-refractivity contribution is 0.450. The van der Waals surface area contributed by atoms with E-state index in [0.29, 0.717) is 0 Å². The second-order valence-electron chi connectivity index (χ2n) is 4.36. The zero-order chi connectivity index (χ0) is 12.4. The summed E-state index contributed by atoms with van der Waals surface area (Å²) in [6.45, 7) is 1.92. The van der Waals surface area contributed by atoms with E-state index in [1.807, 2.05) is 6.07 Å². The molecule has 1 aliphatic rings. The Labute approximate surface area is 111 Å². The molecule has 0 spiro atoms. The largest absolute Gasteiger partial charge is 0.311 e. The summed E-state index contributed by atoms with van der Waals surface area (Å²) in [7, 11) is 0. The maximum absolute atomic E-state index is 4.37. The van der Waals surface area contributed by atoms with Gasteiger partial charge in [0.2, 0.25) is 0 Å². The molecule has 4 nitrogen and oxygen atoms in total. The van der Waals surface area contributed by atoms with Crippen LogP contribution in [0.5, 0.6) is 0 Å². The monoisotopic (exact) mass is 260 g/mol. The molecule has 1 unspecified atom stereocenters. The van der Waals surface area contributed by atoms with E-state index < -0.39 is 0 Å². The summed E-state index contributed by atoms with van der Waals surface area (Å²) < 4.78 is 2.25. The minimum Gasteiger partial charge on any atom is -0.311 e. The number of benzene rings is 1. The van der Waals surface area contributed by atoms with Crippen molar-refractivity contribution in [2.45, 2.75) is 18.3 Å². The van der Waals surface area contributed by atoms with E-state index in [0.717, 1.165) is 30.5 Å². The summed E-state index contributed by atoms with van der Waals surface area (Å²) in [5.74, 6) is 3.05. The summed E-state index contributed by atoms with van der Waals surface area (Å²) in [6.07, 6.45) is 2.09. The van der Waals surface area contributed by atoms with Crippen LogP contribution in [0, 0.1) is 0 Å². The predicted molar refractivity (Wildman–Crippen MR) is 73.5 cm³/mol. The van der Waals surface area contributed by atoms with Gasteiger partial charge in [0.1, 0.15) is 5.82 Å². The van der Waals surface area contributed by atoms with E-state index in [1.54, 1.807) is 11.8 Å². The van der Waals surface area contributed by atoms with Crippen LogP contribution in [0.15, 0.2) is 30.3 Å². The van der Waals surface area contributed by atoms with Gasteiger partial charge in [0.25, 0.3) is 0 Å². The Bertz CT molecular complexity index is 523. The molecule has 1 atom stereocenters. The van der Waals surface area contributed by atoms with Gasteiger partial charge in [-0.15, -0.1) is 10.2 Å². The summed E-state index contributed by atoms with van der Waals surface area (Å²) in [4.78, 5) is 0. The Morgan fingerprint density at radius 3 is 2.94 bits per heavy atom. The summed E-state index contributed by atoms with van der Waals surface area (Å²) in [6, 6.07) is 10.6. The van der Waals surface area contributed by atoms with Crippen LogP contribution >= 0.6 is 11.8 Å². The molecular formula is C13H16N4S. The third kappa shape index (κ3) is 2.04. The normalized spacial score (nSPS) is 18.6. The molecule has 0 amide bonds. The van der Waals surface area contributed by atoms with Crippen molar-refractivity contribution in [1.82, 2.24) is 20.1 Å². The minimum atomic E-state index is 0.169. The quantitative estimate of drug-likeness (QED) is 0.914.